The van der Waals surface area contributed by atoms with Gasteiger partial charge in [-0.2, -0.15) is 0 Å². The number of hydrogen-bond donors (Lipinski definition) is 1. The average Bonchev–Trinajstić information content (AvgIpc) is 2.93. The van der Waals surface area contributed by atoms with Crippen LogP contribution in [-0.4, -0.2) is 28.8 Å². The van der Waals surface area contributed by atoms with Crippen molar-refractivity contribution in [3.63, 3.8) is 0 Å². The summed E-state index contributed by atoms with van der Waals surface area (Å²) in [5.74, 6) is 1.16. The van der Waals surface area contributed by atoms with Gasteiger partial charge >= 0.3 is 0 Å². The molecule has 0 radical (unpaired) electrons. The van der Waals surface area contributed by atoms with Crippen LogP contribution in [-0.2, 0) is 24.2 Å². The lowest BCUT2D eigenvalue weighted by Crippen LogP contribution is -2.25. The second-order valence-electron chi connectivity index (χ2n) is 5.05. The molecule has 1 unspecified atom stereocenters. The number of fused-ring (bicyclic) bond motifs is 1. The fraction of sp³-hybridized carbons (Fsp3) is 0.769. The summed E-state index contributed by atoms with van der Waals surface area (Å²) in [4.78, 5) is 4.66. The van der Waals surface area contributed by atoms with Gasteiger partial charge in [0.2, 0.25) is 0 Å². The van der Waals surface area contributed by atoms with Crippen molar-refractivity contribution in [3.05, 3.63) is 17.2 Å². The molecule has 17 heavy (non-hydrogen) atoms. The van der Waals surface area contributed by atoms with Gasteiger partial charge in [0, 0.05) is 38.4 Å². The third kappa shape index (κ3) is 2.24. The molecule has 1 fully saturated rings. The van der Waals surface area contributed by atoms with Crippen LogP contribution in [0, 0.1) is 6.92 Å². The van der Waals surface area contributed by atoms with Crippen LogP contribution in [0.15, 0.2) is 0 Å². The number of ether oxygens (including phenoxy) is 1. The summed E-state index contributed by atoms with van der Waals surface area (Å²) < 4.78 is 8.09. The van der Waals surface area contributed by atoms with Crippen LogP contribution < -0.4 is 5.32 Å². The van der Waals surface area contributed by atoms with E-state index >= 15 is 0 Å². The van der Waals surface area contributed by atoms with E-state index < -0.39 is 0 Å². The number of rotatable bonds is 3. The fourth-order valence-corrected chi connectivity index (χ4v) is 2.95. The van der Waals surface area contributed by atoms with E-state index in [1.54, 1.807) is 0 Å². The molecule has 2 aliphatic heterocycles. The maximum absolute atomic E-state index is 5.69. The Balaban J connectivity index is 1.71. The molecule has 4 heteroatoms. The van der Waals surface area contributed by atoms with Gasteiger partial charge < -0.3 is 14.6 Å². The Morgan fingerprint density at radius 1 is 1.53 bits per heavy atom. The summed E-state index contributed by atoms with van der Waals surface area (Å²) in [5, 5.41) is 3.38. The number of aryl methyl sites for hydroxylation is 1. The van der Waals surface area contributed by atoms with Crippen molar-refractivity contribution < 1.29 is 4.74 Å². The predicted molar refractivity (Wildman–Crippen MR) is 66.0 cm³/mol. The quantitative estimate of drug-likeness (QED) is 0.861. The van der Waals surface area contributed by atoms with Crippen molar-refractivity contribution in [2.24, 2.45) is 0 Å². The lowest BCUT2D eigenvalue weighted by Gasteiger charge is -2.17. The zero-order valence-corrected chi connectivity index (χ0v) is 10.5. The molecule has 1 aromatic rings. The number of nitrogens with one attached hydrogen (secondary N) is 1. The topological polar surface area (TPSA) is 39.1 Å². The van der Waals surface area contributed by atoms with Crippen molar-refractivity contribution in [3.8, 4) is 0 Å². The Hall–Kier alpha value is -0.870. The first kappa shape index (κ1) is 11.2. The highest BCUT2D eigenvalue weighted by Crippen LogP contribution is 2.20. The minimum atomic E-state index is 0.481. The maximum Gasteiger partial charge on any atom is 0.106 e. The van der Waals surface area contributed by atoms with E-state index in [9.17, 15) is 0 Å². The van der Waals surface area contributed by atoms with Crippen molar-refractivity contribution in [1.82, 2.24) is 14.9 Å². The van der Waals surface area contributed by atoms with Crippen LogP contribution in [0.25, 0.3) is 0 Å². The Morgan fingerprint density at radius 2 is 2.47 bits per heavy atom. The number of imidazole rings is 1. The molecule has 1 atom stereocenters. The molecular weight excluding hydrogens is 214 g/mol. The Bertz CT molecular complexity index is 394. The average molecular weight is 235 g/mol. The van der Waals surface area contributed by atoms with Crippen molar-refractivity contribution in [1.29, 1.82) is 0 Å². The number of nitrogens with zero attached hydrogens (tertiary/aromatic N) is 2. The summed E-state index contributed by atoms with van der Waals surface area (Å²) in [6.07, 6.45) is 5.19. The summed E-state index contributed by atoms with van der Waals surface area (Å²) in [7, 11) is 0. The highest BCUT2D eigenvalue weighted by atomic mass is 16.5. The van der Waals surface area contributed by atoms with Gasteiger partial charge in [-0.1, -0.05) is 0 Å². The molecule has 3 rings (SSSR count). The highest BCUT2D eigenvalue weighted by Gasteiger charge is 2.20. The third-order valence-corrected chi connectivity index (χ3v) is 3.88. The molecule has 0 amide bonds. The number of hydrogen-bond acceptors (Lipinski definition) is 3. The van der Waals surface area contributed by atoms with Gasteiger partial charge in [-0.05, 0) is 26.2 Å². The largest absolute Gasteiger partial charge is 0.378 e. The predicted octanol–water partition coefficient (Wildman–Crippen LogP) is 1.41. The summed E-state index contributed by atoms with van der Waals surface area (Å²) in [5.41, 5.74) is 2.69. The minimum absolute atomic E-state index is 0.481. The molecule has 1 saturated heterocycles. The lowest BCUT2D eigenvalue weighted by molar-refractivity contribution is 0.1000. The summed E-state index contributed by atoms with van der Waals surface area (Å²) >= 11 is 0. The van der Waals surface area contributed by atoms with Crippen LogP contribution in [0.3, 0.4) is 0 Å². The van der Waals surface area contributed by atoms with Crippen LogP contribution in [0.5, 0.6) is 0 Å². The van der Waals surface area contributed by atoms with Gasteiger partial charge in [-0.3, -0.25) is 0 Å². The van der Waals surface area contributed by atoms with Crippen LogP contribution in [0.4, 0.5) is 0 Å². The molecular formula is C13H21N3O. The molecule has 1 N–H and O–H groups in total. The minimum Gasteiger partial charge on any atom is -0.378 e. The molecule has 0 spiro atoms. The first-order chi connectivity index (χ1) is 8.34. The smallest absolute Gasteiger partial charge is 0.106 e. The van der Waals surface area contributed by atoms with Crippen molar-refractivity contribution >= 4 is 0 Å². The van der Waals surface area contributed by atoms with Gasteiger partial charge in [0.05, 0.1) is 11.8 Å². The van der Waals surface area contributed by atoms with E-state index in [0.717, 1.165) is 44.9 Å². The SMILES string of the molecule is Cc1nc2c(n1CCC1CCCO1)CCNC2. The standard InChI is InChI=1S/C13H21N3O/c1-10-15-12-9-14-6-4-13(12)16(10)7-5-11-3-2-8-17-11/h11,14H,2-9H2,1H3. The molecule has 1 aromatic heterocycles. The Morgan fingerprint density at radius 3 is 3.29 bits per heavy atom. The zero-order valence-electron chi connectivity index (χ0n) is 10.5. The van der Waals surface area contributed by atoms with E-state index in [0.29, 0.717) is 6.10 Å². The van der Waals surface area contributed by atoms with E-state index in [1.807, 2.05) is 0 Å². The third-order valence-electron chi connectivity index (χ3n) is 3.88. The van der Waals surface area contributed by atoms with Crippen LogP contribution >= 0.6 is 0 Å². The highest BCUT2D eigenvalue weighted by molar-refractivity contribution is 5.19. The number of aromatic nitrogens is 2. The van der Waals surface area contributed by atoms with Gasteiger partial charge in [0.25, 0.3) is 0 Å². The monoisotopic (exact) mass is 235 g/mol. The second-order valence-corrected chi connectivity index (χ2v) is 5.05. The second kappa shape index (κ2) is 4.78. The van der Waals surface area contributed by atoms with Crippen LogP contribution in [0.1, 0.15) is 36.5 Å². The lowest BCUT2D eigenvalue weighted by atomic mass is 10.1. The van der Waals surface area contributed by atoms with Crippen molar-refractivity contribution in [2.75, 3.05) is 13.2 Å². The van der Waals surface area contributed by atoms with Crippen LogP contribution in [0.2, 0.25) is 0 Å². The molecule has 0 aliphatic carbocycles. The maximum atomic E-state index is 5.69. The van der Waals surface area contributed by atoms with Gasteiger partial charge in [0.15, 0.2) is 0 Å². The van der Waals surface area contributed by atoms with Gasteiger partial charge in [-0.15, -0.1) is 0 Å². The first-order valence-corrected chi connectivity index (χ1v) is 6.72. The first-order valence-electron chi connectivity index (χ1n) is 6.72. The fourth-order valence-electron chi connectivity index (χ4n) is 2.95. The molecule has 0 aromatic carbocycles. The molecule has 3 heterocycles. The van der Waals surface area contributed by atoms with Crippen molar-refractivity contribution in [2.45, 2.75) is 51.8 Å². The van der Waals surface area contributed by atoms with E-state index in [-0.39, 0.29) is 0 Å². The molecule has 4 nitrogen and oxygen atoms in total. The Kier molecular flexibility index (Phi) is 3.16. The molecule has 94 valence electrons. The van der Waals surface area contributed by atoms with Gasteiger partial charge in [0.1, 0.15) is 5.82 Å². The van der Waals surface area contributed by atoms with E-state index in [2.05, 4.69) is 21.8 Å². The van der Waals surface area contributed by atoms with Gasteiger partial charge in [-0.25, -0.2) is 4.98 Å². The van der Waals surface area contributed by atoms with E-state index in [4.69, 9.17) is 4.74 Å². The Labute approximate surface area is 102 Å². The molecule has 0 saturated carbocycles. The molecule has 0 bridgehead atoms. The summed E-state index contributed by atoms with van der Waals surface area (Å²) in [6.45, 7) is 6.16. The molecule has 2 aliphatic rings. The zero-order chi connectivity index (χ0) is 11.7. The summed E-state index contributed by atoms with van der Waals surface area (Å²) in [6, 6.07) is 0. The van der Waals surface area contributed by atoms with E-state index in [1.165, 1.54) is 24.2 Å². The normalized spacial score (nSPS) is 23.9.